The number of fused-ring (bicyclic) bond motifs is 1. The lowest BCUT2D eigenvalue weighted by Crippen LogP contribution is -2.38. The summed E-state index contributed by atoms with van der Waals surface area (Å²) in [6, 6.07) is 2.07. The lowest BCUT2D eigenvalue weighted by molar-refractivity contribution is 0.211. The van der Waals surface area contributed by atoms with Crippen LogP contribution < -0.4 is 5.14 Å². The Bertz CT molecular complexity index is 462. The van der Waals surface area contributed by atoms with Crippen LogP contribution in [0.2, 0.25) is 0 Å². The highest BCUT2D eigenvalue weighted by Crippen LogP contribution is 2.49. The third-order valence-electron chi connectivity index (χ3n) is 4.34. The van der Waals surface area contributed by atoms with Crippen molar-refractivity contribution < 1.29 is 8.63 Å². The summed E-state index contributed by atoms with van der Waals surface area (Å²) in [5.74, 6) is 1.46. The first-order chi connectivity index (χ1) is 8.24. The lowest BCUT2D eigenvalue weighted by Gasteiger charge is -2.41. The van der Waals surface area contributed by atoms with Gasteiger partial charge in [0.1, 0.15) is 5.76 Å². The van der Waals surface area contributed by atoms with Gasteiger partial charge in [-0.3, -0.25) is 5.14 Å². The lowest BCUT2D eigenvalue weighted by atomic mass is 9.65. The minimum absolute atomic E-state index is 0.202. The number of aryl methyl sites for hydroxylation is 1. The molecular formula is C14H23NO2S. The first kappa shape index (κ1) is 13.8. The molecule has 0 aromatic carbocycles. The summed E-state index contributed by atoms with van der Waals surface area (Å²) in [5.41, 5.74) is 1.48. The van der Waals surface area contributed by atoms with Gasteiger partial charge in [-0.2, -0.15) is 0 Å². The van der Waals surface area contributed by atoms with Crippen molar-refractivity contribution in [3.05, 3.63) is 23.7 Å². The van der Waals surface area contributed by atoms with Gasteiger partial charge in [-0.25, -0.2) is 4.21 Å². The van der Waals surface area contributed by atoms with Gasteiger partial charge >= 0.3 is 0 Å². The number of nitrogens with two attached hydrogens (primary N) is 1. The van der Waals surface area contributed by atoms with E-state index in [4.69, 9.17) is 9.56 Å². The second kappa shape index (κ2) is 4.49. The zero-order valence-electron chi connectivity index (χ0n) is 11.7. The van der Waals surface area contributed by atoms with Crippen LogP contribution in [0.25, 0.3) is 0 Å². The molecule has 1 aliphatic carbocycles. The topological polar surface area (TPSA) is 56.2 Å². The predicted molar refractivity (Wildman–Crippen MR) is 74.6 cm³/mol. The predicted octanol–water partition coefficient (Wildman–Crippen LogP) is 3.13. The van der Waals surface area contributed by atoms with E-state index in [1.807, 2.05) is 13.8 Å². The third kappa shape index (κ3) is 2.41. The van der Waals surface area contributed by atoms with Crippen molar-refractivity contribution >= 4 is 11.0 Å². The van der Waals surface area contributed by atoms with E-state index in [9.17, 15) is 4.21 Å². The molecule has 0 amide bonds. The molecule has 2 N–H and O–H groups in total. The van der Waals surface area contributed by atoms with E-state index in [0.717, 1.165) is 25.0 Å². The van der Waals surface area contributed by atoms with Crippen molar-refractivity contribution in [1.29, 1.82) is 0 Å². The molecule has 18 heavy (non-hydrogen) atoms. The van der Waals surface area contributed by atoms with E-state index in [0.29, 0.717) is 5.92 Å². The number of hydrogen-bond acceptors (Lipinski definition) is 2. The summed E-state index contributed by atoms with van der Waals surface area (Å²) in [7, 11) is -1.31. The monoisotopic (exact) mass is 269 g/mol. The zero-order chi connectivity index (χ0) is 13.6. The highest BCUT2D eigenvalue weighted by Gasteiger charge is 2.41. The average molecular weight is 269 g/mol. The summed E-state index contributed by atoms with van der Waals surface area (Å²) < 4.78 is 16.8. The molecule has 1 aliphatic rings. The first-order valence-corrected chi connectivity index (χ1v) is 7.68. The van der Waals surface area contributed by atoms with E-state index in [1.54, 1.807) is 6.26 Å². The van der Waals surface area contributed by atoms with E-state index in [-0.39, 0.29) is 10.2 Å². The molecular weight excluding hydrogens is 246 g/mol. The molecule has 4 heteroatoms. The van der Waals surface area contributed by atoms with Gasteiger partial charge < -0.3 is 4.42 Å². The molecule has 1 heterocycles. The Balaban J connectivity index is 2.33. The fourth-order valence-corrected chi connectivity index (χ4v) is 3.19. The van der Waals surface area contributed by atoms with Gasteiger partial charge in [0.15, 0.2) is 0 Å². The molecule has 1 aromatic heterocycles. The fraction of sp³-hybridized carbons (Fsp3) is 0.714. The minimum Gasteiger partial charge on any atom is -0.469 e. The Labute approximate surface area is 112 Å². The maximum absolute atomic E-state index is 11.7. The van der Waals surface area contributed by atoms with Crippen LogP contribution in [0.4, 0.5) is 0 Å². The molecule has 0 spiro atoms. The molecule has 3 nitrogen and oxygen atoms in total. The van der Waals surface area contributed by atoms with Crippen molar-refractivity contribution in [2.75, 3.05) is 0 Å². The SMILES string of the molecule is CC1(C)CCc2occc2[C@@H]1CC(C)(C)S(N)=O. The van der Waals surface area contributed by atoms with Crippen LogP contribution in [0.1, 0.15) is 57.8 Å². The molecule has 2 atom stereocenters. The maximum atomic E-state index is 11.7. The number of furan rings is 1. The van der Waals surface area contributed by atoms with Crippen molar-refractivity contribution in [2.45, 2.75) is 57.6 Å². The molecule has 0 radical (unpaired) electrons. The summed E-state index contributed by atoms with van der Waals surface area (Å²) in [6.07, 6.45) is 4.70. The summed E-state index contributed by atoms with van der Waals surface area (Å²) in [6.45, 7) is 8.52. The van der Waals surface area contributed by atoms with Crippen LogP contribution in [0.15, 0.2) is 16.7 Å². The molecule has 0 saturated heterocycles. The highest BCUT2D eigenvalue weighted by atomic mass is 32.2. The van der Waals surface area contributed by atoms with Crippen LogP contribution in [0.3, 0.4) is 0 Å². The standard InChI is InChI=1S/C14H23NO2S/c1-13(2)7-5-12-10(6-8-17-12)11(13)9-14(3,4)18(15)16/h6,8,11H,5,7,9,15H2,1-4H3/t11-,18?/m0/s1. The Morgan fingerprint density at radius 1 is 1.56 bits per heavy atom. The van der Waals surface area contributed by atoms with Crippen molar-refractivity contribution in [1.82, 2.24) is 0 Å². The van der Waals surface area contributed by atoms with Crippen molar-refractivity contribution in [3.63, 3.8) is 0 Å². The van der Waals surface area contributed by atoms with Gasteiger partial charge in [0, 0.05) is 6.42 Å². The van der Waals surface area contributed by atoms with Gasteiger partial charge in [-0.1, -0.05) is 13.8 Å². The van der Waals surface area contributed by atoms with E-state index in [2.05, 4.69) is 19.9 Å². The Morgan fingerprint density at radius 2 is 2.22 bits per heavy atom. The normalized spacial score (nSPS) is 24.6. The second-order valence-electron chi connectivity index (χ2n) is 6.60. The molecule has 0 aliphatic heterocycles. The first-order valence-electron chi connectivity index (χ1n) is 6.46. The van der Waals surface area contributed by atoms with Gasteiger partial charge in [-0.15, -0.1) is 0 Å². The number of hydrogen-bond donors (Lipinski definition) is 1. The molecule has 102 valence electrons. The smallest absolute Gasteiger partial charge is 0.107 e. The van der Waals surface area contributed by atoms with Crippen LogP contribution in [-0.2, 0) is 17.4 Å². The van der Waals surface area contributed by atoms with Gasteiger partial charge in [0.25, 0.3) is 0 Å². The van der Waals surface area contributed by atoms with E-state index >= 15 is 0 Å². The molecule has 2 rings (SSSR count). The minimum atomic E-state index is -1.31. The Morgan fingerprint density at radius 3 is 2.83 bits per heavy atom. The third-order valence-corrected chi connectivity index (χ3v) is 5.59. The fourth-order valence-electron chi connectivity index (χ4n) is 2.86. The van der Waals surface area contributed by atoms with E-state index in [1.165, 1.54) is 5.56 Å². The number of rotatable bonds is 3. The summed E-state index contributed by atoms with van der Waals surface area (Å²) in [4.78, 5) is 0. The molecule has 0 saturated carbocycles. The van der Waals surface area contributed by atoms with Gasteiger partial charge in [0.05, 0.1) is 22.0 Å². The molecule has 1 aromatic rings. The second-order valence-corrected chi connectivity index (χ2v) is 8.30. The Hall–Kier alpha value is -0.610. The van der Waals surface area contributed by atoms with Crippen LogP contribution in [-0.4, -0.2) is 8.96 Å². The summed E-state index contributed by atoms with van der Waals surface area (Å²) >= 11 is 0. The molecule has 1 unspecified atom stereocenters. The van der Waals surface area contributed by atoms with Crippen molar-refractivity contribution in [2.24, 2.45) is 10.6 Å². The van der Waals surface area contributed by atoms with E-state index < -0.39 is 11.0 Å². The zero-order valence-corrected chi connectivity index (χ0v) is 12.5. The largest absolute Gasteiger partial charge is 0.469 e. The van der Waals surface area contributed by atoms with Crippen LogP contribution >= 0.6 is 0 Å². The van der Waals surface area contributed by atoms with Gasteiger partial charge in [0.2, 0.25) is 0 Å². The van der Waals surface area contributed by atoms with Gasteiger partial charge in [-0.05, 0) is 49.7 Å². The van der Waals surface area contributed by atoms with Crippen molar-refractivity contribution in [3.8, 4) is 0 Å². The highest BCUT2D eigenvalue weighted by molar-refractivity contribution is 7.84. The Kier molecular flexibility index (Phi) is 3.45. The molecule has 0 fully saturated rings. The quantitative estimate of drug-likeness (QED) is 0.916. The summed E-state index contributed by atoms with van der Waals surface area (Å²) in [5, 5.41) is 5.62. The molecule has 0 bridgehead atoms. The van der Waals surface area contributed by atoms with Crippen LogP contribution in [0.5, 0.6) is 0 Å². The average Bonchev–Trinajstić information content (AvgIpc) is 2.70. The maximum Gasteiger partial charge on any atom is 0.107 e. The van der Waals surface area contributed by atoms with Crippen LogP contribution in [0, 0.1) is 5.41 Å².